The van der Waals surface area contributed by atoms with E-state index in [4.69, 9.17) is 0 Å². The minimum absolute atomic E-state index is 0.157. The van der Waals surface area contributed by atoms with Crippen molar-refractivity contribution in [1.82, 2.24) is 0 Å². The summed E-state index contributed by atoms with van der Waals surface area (Å²) < 4.78 is 0.756. The minimum atomic E-state index is -0.345. The molecule has 19 heavy (non-hydrogen) atoms. The summed E-state index contributed by atoms with van der Waals surface area (Å²) in [5.74, 6) is 0. The molecule has 0 atom stereocenters. The van der Waals surface area contributed by atoms with Crippen molar-refractivity contribution < 1.29 is 4.92 Å². The van der Waals surface area contributed by atoms with E-state index in [1.807, 2.05) is 6.07 Å². The summed E-state index contributed by atoms with van der Waals surface area (Å²) in [4.78, 5) is 10.5. The number of anilines is 1. The molecule has 1 aliphatic carbocycles. The van der Waals surface area contributed by atoms with E-state index in [-0.39, 0.29) is 10.6 Å². The van der Waals surface area contributed by atoms with Crippen molar-refractivity contribution in [3.63, 3.8) is 0 Å². The van der Waals surface area contributed by atoms with Crippen LogP contribution in [0.1, 0.15) is 38.2 Å². The summed E-state index contributed by atoms with van der Waals surface area (Å²) >= 11 is 3.41. The number of hydrogen-bond acceptors (Lipinski definition) is 3. The lowest BCUT2D eigenvalue weighted by atomic mass is 9.89. The Labute approximate surface area is 121 Å². The first kappa shape index (κ1) is 14.3. The monoisotopic (exact) mass is 326 g/mol. The van der Waals surface area contributed by atoms with Gasteiger partial charge in [-0.25, -0.2) is 0 Å². The van der Waals surface area contributed by atoms with E-state index in [1.165, 1.54) is 25.7 Å². The molecule has 1 N–H and O–H groups in total. The first-order valence-corrected chi connectivity index (χ1v) is 7.39. The molecule has 5 heteroatoms. The van der Waals surface area contributed by atoms with Gasteiger partial charge in [0, 0.05) is 28.3 Å². The van der Waals surface area contributed by atoms with Gasteiger partial charge in [-0.05, 0) is 47.2 Å². The molecule has 1 fully saturated rings. The molecule has 1 aromatic carbocycles. The summed E-state index contributed by atoms with van der Waals surface area (Å²) in [5, 5.41) is 14.3. The number of hydrogen-bond donors (Lipinski definition) is 1. The van der Waals surface area contributed by atoms with Crippen LogP contribution in [-0.2, 0) is 0 Å². The Kier molecular flexibility index (Phi) is 4.13. The highest BCUT2D eigenvalue weighted by Crippen LogP contribution is 2.38. The number of nitro benzene ring substituents is 1. The highest BCUT2D eigenvalue weighted by atomic mass is 79.9. The second kappa shape index (κ2) is 5.49. The number of nitro groups is 1. The molecule has 0 heterocycles. The molecule has 0 unspecified atom stereocenters. The fourth-order valence-electron chi connectivity index (χ4n) is 2.72. The van der Waals surface area contributed by atoms with Crippen LogP contribution in [0.4, 0.5) is 11.4 Å². The van der Waals surface area contributed by atoms with Gasteiger partial charge in [0.15, 0.2) is 0 Å². The van der Waals surface area contributed by atoms with Crippen LogP contribution < -0.4 is 5.32 Å². The Morgan fingerprint density at radius 3 is 2.63 bits per heavy atom. The van der Waals surface area contributed by atoms with Gasteiger partial charge in [-0.15, -0.1) is 0 Å². The quantitative estimate of drug-likeness (QED) is 0.646. The summed E-state index contributed by atoms with van der Waals surface area (Å²) in [7, 11) is 0. The second-order valence-electron chi connectivity index (χ2n) is 5.75. The average Bonchev–Trinajstić information content (AvgIpc) is 2.77. The van der Waals surface area contributed by atoms with Crippen LogP contribution in [0.15, 0.2) is 16.6 Å². The number of benzene rings is 1. The van der Waals surface area contributed by atoms with Crippen molar-refractivity contribution in [2.75, 3.05) is 11.9 Å². The fourth-order valence-corrected chi connectivity index (χ4v) is 3.19. The van der Waals surface area contributed by atoms with Gasteiger partial charge in [0.1, 0.15) is 0 Å². The molecular weight excluding hydrogens is 308 g/mol. The molecule has 0 radical (unpaired) electrons. The average molecular weight is 327 g/mol. The first-order valence-electron chi connectivity index (χ1n) is 6.60. The van der Waals surface area contributed by atoms with Crippen LogP contribution in [-0.4, -0.2) is 11.5 Å². The van der Waals surface area contributed by atoms with Crippen molar-refractivity contribution in [2.24, 2.45) is 5.41 Å². The molecule has 104 valence electrons. The molecule has 0 bridgehead atoms. The second-order valence-corrected chi connectivity index (χ2v) is 6.60. The Morgan fingerprint density at radius 2 is 2.05 bits per heavy atom. The van der Waals surface area contributed by atoms with Crippen molar-refractivity contribution in [1.29, 1.82) is 0 Å². The first-order chi connectivity index (χ1) is 8.91. The zero-order valence-electron chi connectivity index (χ0n) is 11.3. The van der Waals surface area contributed by atoms with E-state index in [9.17, 15) is 10.1 Å². The van der Waals surface area contributed by atoms with Gasteiger partial charge in [0.05, 0.1) is 4.92 Å². The zero-order chi connectivity index (χ0) is 14.0. The predicted molar refractivity (Wildman–Crippen MR) is 80.6 cm³/mol. The third kappa shape index (κ3) is 3.26. The SMILES string of the molecule is Cc1cc(NCC2(C)CCCC2)c(Br)cc1[N+](=O)[O-]. The molecule has 1 aromatic rings. The molecule has 0 amide bonds. The van der Waals surface area contributed by atoms with Crippen molar-refractivity contribution in [3.05, 3.63) is 32.3 Å². The summed E-state index contributed by atoms with van der Waals surface area (Å²) in [6.45, 7) is 5.00. The Bertz CT molecular complexity index is 496. The topological polar surface area (TPSA) is 55.2 Å². The molecule has 2 rings (SSSR count). The van der Waals surface area contributed by atoms with Gasteiger partial charge >= 0.3 is 0 Å². The molecule has 0 aliphatic heterocycles. The number of halogens is 1. The third-order valence-corrected chi connectivity index (χ3v) is 4.65. The Balaban J connectivity index is 2.13. The van der Waals surface area contributed by atoms with Gasteiger partial charge < -0.3 is 5.32 Å². The molecule has 4 nitrogen and oxygen atoms in total. The van der Waals surface area contributed by atoms with Crippen LogP contribution in [0.2, 0.25) is 0 Å². The molecule has 0 saturated heterocycles. The largest absolute Gasteiger partial charge is 0.384 e. The molecule has 1 saturated carbocycles. The van der Waals surface area contributed by atoms with Gasteiger partial charge in [0.2, 0.25) is 0 Å². The summed E-state index contributed by atoms with van der Waals surface area (Å²) in [6, 6.07) is 3.43. The Hall–Kier alpha value is -1.10. The number of rotatable bonds is 4. The fraction of sp³-hybridized carbons (Fsp3) is 0.571. The van der Waals surface area contributed by atoms with E-state index in [0.29, 0.717) is 11.0 Å². The van der Waals surface area contributed by atoms with E-state index in [0.717, 1.165) is 16.7 Å². The summed E-state index contributed by atoms with van der Waals surface area (Å²) in [5.41, 5.74) is 2.14. The highest BCUT2D eigenvalue weighted by Gasteiger charge is 2.28. The third-order valence-electron chi connectivity index (χ3n) is 4.00. The maximum Gasteiger partial charge on any atom is 0.273 e. The van der Waals surface area contributed by atoms with Crippen LogP contribution >= 0.6 is 15.9 Å². The lowest BCUT2D eigenvalue weighted by Gasteiger charge is -2.24. The van der Waals surface area contributed by atoms with Crippen molar-refractivity contribution in [3.8, 4) is 0 Å². The lowest BCUT2D eigenvalue weighted by Crippen LogP contribution is -2.23. The van der Waals surface area contributed by atoms with Gasteiger partial charge in [-0.3, -0.25) is 10.1 Å². The maximum atomic E-state index is 10.9. The zero-order valence-corrected chi connectivity index (χ0v) is 12.9. The van der Waals surface area contributed by atoms with E-state index >= 15 is 0 Å². The number of aryl methyl sites for hydroxylation is 1. The van der Waals surface area contributed by atoms with Crippen LogP contribution in [0.25, 0.3) is 0 Å². The molecule has 0 spiro atoms. The summed E-state index contributed by atoms with van der Waals surface area (Å²) in [6.07, 6.45) is 5.12. The minimum Gasteiger partial charge on any atom is -0.384 e. The van der Waals surface area contributed by atoms with E-state index < -0.39 is 0 Å². The number of nitrogens with zero attached hydrogens (tertiary/aromatic N) is 1. The van der Waals surface area contributed by atoms with Gasteiger partial charge in [-0.1, -0.05) is 19.8 Å². The normalized spacial score (nSPS) is 17.4. The highest BCUT2D eigenvalue weighted by molar-refractivity contribution is 9.10. The van der Waals surface area contributed by atoms with Crippen molar-refractivity contribution in [2.45, 2.75) is 39.5 Å². The van der Waals surface area contributed by atoms with E-state index in [2.05, 4.69) is 28.2 Å². The molecule has 0 aromatic heterocycles. The van der Waals surface area contributed by atoms with Gasteiger partial charge in [-0.2, -0.15) is 0 Å². The standard InChI is InChI=1S/C14H19BrN2O2/c1-10-7-12(11(15)8-13(10)17(18)19)16-9-14(2)5-3-4-6-14/h7-8,16H,3-6,9H2,1-2H3. The van der Waals surface area contributed by atoms with Gasteiger partial charge in [0.25, 0.3) is 5.69 Å². The maximum absolute atomic E-state index is 10.9. The molecule has 1 aliphatic rings. The Morgan fingerprint density at radius 1 is 1.42 bits per heavy atom. The molecular formula is C14H19BrN2O2. The predicted octanol–water partition coefficient (Wildman–Crippen LogP) is 4.66. The lowest BCUT2D eigenvalue weighted by molar-refractivity contribution is -0.385. The van der Waals surface area contributed by atoms with Crippen LogP contribution in [0, 0.1) is 22.5 Å². The van der Waals surface area contributed by atoms with Crippen LogP contribution in [0.5, 0.6) is 0 Å². The van der Waals surface area contributed by atoms with E-state index in [1.54, 1.807) is 13.0 Å². The number of nitrogens with one attached hydrogen (secondary N) is 1. The smallest absolute Gasteiger partial charge is 0.273 e. The van der Waals surface area contributed by atoms with Crippen LogP contribution in [0.3, 0.4) is 0 Å². The van der Waals surface area contributed by atoms with Crippen molar-refractivity contribution >= 4 is 27.3 Å².